The molecule has 0 fully saturated rings. The number of amides is 1. The van der Waals surface area contributed by atoms with Gasteiger partial charge in [-0.05, 0) is 33.9 Å². The molecule has 0 radical (unpaired) electrons. The minimum Gasteiger partial charge on any atom is -0.377 e. The maximum absolute atomic E-state index is 11.3. The molecule has 0 spiro atoms. The molecule has 0 saturated carbocycles. The van der Waals surface area contributed by atoms with Crippen LogP contribution in [0.3, 0.4) is 0 Å². The first-order chi connectivity index (χ1) is 7.93. The Bertz CT molecular complexity index is 206. The molecule has 4 heteroatoms. The van der Waals surface area contributed by atoms with Crippen molar-refractivity contribution >= 4 is 5.91 Å². The van der Waals surface area contributed by atoms with Crippen LogP contribution in [-0.2, 0) is 9.53 Å². The summed E-state index contributed by atoms with van der Waals surface area (Å²) in [5.41, 5.74) is 0. The molecule has 0 atom stereocenters. The molecule has 4 nitrogen and oxygen atoms in total. The van der Waals surface area contributed by atoms with E-state index in [2.05, 4.69) is 17.3 Å². The molecule has 0 rings (SSSR count). The standard InChI is InChI=1S/C13H28N2O2/c1-11(2)13(16)14-7-6-8-15(5)9-10-17-12(3)4/h11-12H,6-10H2,1-5H3,(H,14,16). The van der Waals surface area contributed by atoms with Gasteiger partial charge in [0.25, 0.3) is 0 Å². The van der Waals surface area contributed by atoms with Crippen LogP contribution in [0.2, 0.25) is 0 Å². The van der Waals surface area contributed by atoms with E-state index in [0.717, 1.165) is 32.7 Å². The molecule has 0 aliphatic carbocycles. The fourth-order valence-corrected chi connectivity index (χ4v) is 1.32. The normalized spacial score (nSPS) is 11.5. The second kappa shape index (κ2) is 9.42. The number of carbonyl (C=O) groups is 1. The van der Waals surface area contributed by atoms with E-state index in [1.807, 2.05) is 27.7 Å². The Morgan fingerprint density at radius 2 is 1.88 bits per heavy atom. The molecule has 0 bridgehead atoms. The van der Waals surface area contributed by atoms with Gasteiger partial charge >= 0.3 is 0 Å². The number of carbonyl (C=O) groups excluding carboxylic acids is 1. The van der Waals surface area contributed by atoms with Crippen LogP contribution in [0, 0.1) is 5.92 Å². The molecular formula is C13H28N2O2. The van der Waals surface area contributed by atoms with Gasteiger partial charge in [-0.25, -0.2) is 0 Å². The van der Waals surface area contributed by atoms with Crippen molar-refractivity contribution in [3.63, 3.8) is 0 Å². The molecule has 0 heterocycles. The Kier molecular flexibility index (Phi) is 9.09. The van der Waals surface area contributed by atoms with Gasteiger partial charge in [0.2, 0.25) is 5.91 Å². The highest BCUT2D eigenvalue weighted by Crippen LogP contribution is 1.93. The zero-order chi connectivity index (χ0) is 13.3. The van der Waals surface area contributed by atoms with E-state index in [0.29, 0.717) is 6.10 Å². The predicted octanol–water partition coefficient (Wildman–Crippen LogP) is 1.51. The predicted molar refractivity (Wildman–Crippen MR) is 71.0 cm³/mol. The van der Waals surface area contributed by atoms with E-state index < -0.39 is 0 Å². The minimum atomic E-state index is 0.0761. The minimum absolute atomic E-state index is 0.0761. The maximum atomic E-state index is 11.3. The third kappa shape index (κ3) is 10.3. The highest BCUT2D eigenvalue weighted by molar-refractivity contribution is 5.77. The lowest BCUT2D eigenvalue weighted by atomic mass is 10.2. The molecular weight excluding hydrogens is 216 g/mol. The average Bonchev–Trinajstić information content (AvgIpc) is 2.23. The van der Waals surface area contributed by atoms with Crippen LogP contribution in [0.5, 0.6) is 0 Å². The van der Waals surface area contributed by atoms with Crippen molar-refractivity contribution in [2.24, 2.45) is 5.92 Å². The van der Waals surface area contributed by atoms with Crippen LogP contribution in [0.4, 0.5) is 0 Å². The molecule has 1 amide bonds. The summed E-state index contributed by atoms with van der Waals surface area (Å²) in [6, 6.07) is 0. The third-order valence-electron chi connectivity index (χ3n) is 2.46. The lowest BCUT2D eigenvalue weighted by Gasteiger charge is -2.17. The van der Waals surface area contributed by atoms with Crippen molar-refractivity contribution < 1.29 is 9.53 Å². The first kappa shape index (κ1) is 16.4. The van der Waals surface area contributed by atoms with E-state index in [1.54, 1.807) is 0 Å². The molecule has 0 aliphatic heterocycles. The van der Waals surface area contributed by atoms with Gasteiger partial charge in [-0.1, -0.05) is 13.8 Å². The quantitative estimate of drug-likeness (QED) is 0.625. The van der Waals surface area contributed by atoms with Crippen molar-refractivity contribution in [3.05, 3.63) is 0 Å². The smallest absolute Gasteiger partial charge is 0.222 e. The van der Waals surface area contributed by atoms with Gasteiger partial charge in [0.15, 0.2) is 0 Å². The zero-order valence-electron chi connectivity index (χ0n) is 12.0. The van der Waals surface area contributed by atoms with Crippen molar-refractivity contribution in [3.8, 4) is 0 Å². The van der Waals surface area contributed by atoms with Crippen LogP contribution >= 0.6 is 0 Å². The first-order valence-electron chi connectivity index (χ1n) is 6.51. The summed E-state index contributed by atoms with van der Waals surface area (Å²) in [5, 5.41) is 2.91. The van der Waals surface area contributed by atoms with Crippen LogP contribution in [0.25, 0.3) is 0 Å². The maximum Gasteiger partial charge on any atom is 0.222 e. The Balaban J connectivity index is 3.39. The van der Waals surface area contributed by atoms with Gasteiger partial charge in [0.1, 0.15) is 0 Å². The Morgan fingerprint density at radius 3 is 2.41 bits per heavy atom. The largest absolute Gasteiger partial charge is 0.377 e. The highest BCUT2D eigenvalue weighted by Gasteiger charge is 2.05. The Hall–Kier alpha value is -0.610. The summed E-state index contributed by atoms with van der Waals surface area (Å²) in [6.45, 7) is 11.4. The van der Waals surface area contributed by atoms with E-state index in [4.69, 9.17) is 4.74 Å². The molecule has 0 aromatic rings. The molecule has 102 valence electrons. The number of hydrogen-bond acceptors (Lipinski definition) is 3. The first-order valence-corrected chi connectivity index (χ1v) is 6.51. The van der Waals surface area contributed by atoms with E-state index in [1.165, 1.54) is 0 Å². The fourth-order valence-electron chi connectivity index (χ4n) is 1.32. The topological polar surface area (TPSA) is 41.6 Å². The van der Waals surface area contributed by atoms with Crippen molar-refractivity contribution in [1.29, 1.82) is 0 Å². The van der Waals surface area contributed by atoms with Crippen molar-refractivity contribution in [2.75, 3.05) is 33.3 Å². The average molecular weight is 244 g/mol. The van der Waals surface area contributed by atoms with Gasteiger partial charge in [0.05, 0.1) is 12.7 Å². The lowest BCUT2D eigenvalue weighted by Crippen LogP contribution is -2.32. The van der Waals surface area contributed by atoms with Gasteiger partial charge < -0.3 is 15.0 Å². The second-order valence-corrected chi connectivity index (χ2v) is 5.02. The number of ether oxygens (including phenoxy) is 1. The summed E-state index contributed by atoms with van der Waals surface area (Å²) in [6.07, 6.45) is 1.28. The fraction of sp³-hybridized carbons (Fsp3) is 0.923. The van der Waals surface area contributed by atoms with E-state index in [9.17, 15) is 4.79 Å². The molecule has 17 heavy (non-hydrogen) atoms. The molecule has 0 unspecified atom stereocenters. The monoisotopic (exact) mass is 244 g/mol. The number of likely N-dealkylation sites (N-methyl/N-ethyl adjacent to an activating group) is 1. The van der Waals surface area contributed by atoms with Crippen LogP contribution in [0.1, 0.15) is 34.1 Å². The van der Waals surface area contributed by atoms with Gasteiger partial charge in [0, 0.05) is 19.0 Å². The summed E-state index contributed by atoms with van der Waals surface area (Å²) >= 11 is 0. The Morgan fingerprint density at radius 1 is 1.24 bits per heavy atom. The lowest BCUT2D eigenvalue weighted by molar-refractivity contribution is -0.123. The van der Waals surface area contributed by atoms with Crippen LogP contribution in [-0.4, -0.2) is 50.2 Å². The van der Waals surface area contributed by atoms with Crippen LogP contribution in [0.15, 0.2) is 0 Å². The highest BCUT2D eigenvalue weighted by atomic mass is 16.5. The molecule has 0 aromatic carbocycles. The number of hydrogen-bond donors (Lipinski definition) is 1. The van der Waals surface area contributed by atoms with Gasteiger partial charge in [-0.2, -0.15) is 0 Å². The molecule has 0 aliphatic rings. The molecule has 0 saturated heterocycles. The number of nitrogens with zero attached hydrogens (tertiary/aromatic N) is 1. The van der Waals surface area contributed by atoms with Crippen LogP contribution < -0.4 is 5.32 Å². The zero-order valence-corrected chi connectivity index (χ0v) is 12.0. The summed E-state index contributed by atoms with van der Waals surface area (Å²) in [7, 11) is 2.08. The summed E-state index contributed by atoms with van der Waals surface area (Å²) in [4.78, 5) is 13.5. The summed E-state index contributed by atoms with van der Waals surface area (Å²) in [5.74, 6) is 0.211. The Labute approximate surface area is 106 Å². The second-order valence-electron chi connectivity index (χ2n) is 5.02. The van der Waals surface area contributed by atoms with Crippen molar-refractivity contribution in [2.45, 2.75) is 40.2 Å². The van der Waals surface area contributed by atoms with Gasteiger partial charge in [-0.3, -0.25) is 4.79 Å². The molecule has 0 aromatic heterocycles. The molecule has 1 N–H and O–H groups in total. The third-order valence-corrected chi connectivity index (χ3v) is 2.46. The van der Waals surface area contributed by atoms with Gasteiger partial charge in [-0.15, -0.1) is 0 Å². The number of rotatable bonds is 9. The van der Waals surface area contributed by atoms with Crippen molar-refractivity contribution in [1.82, 2.24) is 10.2 Å². The van der Waals surface area contributed by atoms with E-state index >= 15 is 0 Å². The number of nitrogens with one attached hydrogen (secondary N) is 1. The SMILES string of the molecule is CC(C)OCCN(C)CCCNC(=O)C(C)C. The van der Waals surface area contributed by atoms with E-state index in [-0.39, 0.29) is 11.8 Å². The summed E-state index contributed by atoms with van der Waals surface area (Å²) < 4.78 is 5.48.